The summed E-state index contributed by atoms with van der Waals surface area (Å²) in [4.78, 5) is 48.2. The van der Waals surface area contributed by atoms with Crippen LogP contribution in [-0.4, -0.2) is 138 Å². The second-order valence-corrected chi connectivity index (χ2v) is 28.2. The summed E-state index contributed by atoms with van der Waals surface area (Å²) in [7, 11) is -36.4. The molecule has 0 saturated heterocycles. The normalized spacial score (nSPS) is 11.1. The van der Waals surface area contributed by atoms with Crippen molar-refractivity contribution in [2.75, 3.05) is 0 Å². The van der Waals surface area contributed by atoms with E-state index in [1.807, 2.05) is 232 Å². The van der Waals surface area contributed by atoms with Crippen molar-refractivity contribution in [3.05, 3.63) is 300 Å². The van der Waals surface area contributed by atoms with Gasteiger partial charge in [-0.05, 0) is 149 Å². The maximum absolute atomic E-state index is 10.7. The Kier molecular flexibility index (Phi) is 55.0. The Balaban J connectivity index is -0.000000487. The van der Waals surface area contributed by atoms with Crippen LogP contribution in [0, 0.1) is 56.7 Å². The molecule has 0 N–H and O–H groups in total. The van der Waals surface area contributed by atoms with E-state index in [1.165, 1.54) is 34.6 Å². The molecular formula is C72H65B2Co2F20N15O12S4. The molecule has 127 heavy (non-hydrogen) atoms. The Morgan fingerprint density at radius 3 is 0.402 bits per heavy atom. The van der Waals surface area contributed by atoms with Crippen LogP contribution in [0.5, 0.6) is 0 Å². The molecule has 688 valence electrons. The van der Waals surface area contributed by atoms with Crippen LogP contribution in [0.2, 0.25) is 0 Å². The zero-order valence-electron chi connectivity index (χ0n) is 66.1. The summed E-state index contributed by atoms with van der Waals surface area (Å²) in [6, 6.07) is 68.6. The molecule has 0 aliphatic rings. The van der Waals surface area contributed by atoms with Crippen molar-refractivity contribution in [3.8, 4) is 30.3 Å². The van der Waals surface area contributed by atoms with Gasteiger partial charge in [-0.1, -0.05) is 60.7 Å². The molecule has 0 unspecified atom stereocenters. The van der Waals surface area contributed by atoms with Gasteiger partial charge in [-0.2, -0.15) is 79.0 Å². The summed E-state index contributed by atoms with van der Waals surface area (Å²) < 4.78 is 314. The minimum absolute atomic E-state index is 0. The maximum Gasteiger partial charge on any atom is 3.00 e. The predicted molar refractivity (Wildman–Crippen MR) is 404 cm³/mol. The molecule has 0 aromatic carbocycles. The first-order chi connectivity index (χ1) is 57.3. The van der Waals surface area contributed by atoms with Crippen molar-refractivity contribution in [3.63, 3.8) is 0 Å². The molecule has 0 bridgehead atoms. The Hall–Kier alpha value is -11.7. The van der Waals surface area contributed by atoms with Crippen molar-refractivity contribution < 1.29 is 173 Å². The molecule has 0 saturated carbocycles. The van der Waals surface area contributed by atoms with E-state index >= 15 is 0 Å². The number of hydrogen-bond acceptors (Lipinski definition) is 27. The fourth-order valence-corrected chi connectivity index (χ4v) is 8.83. The predicted octanol–water partition coefficient (Wildman–Crippen LogP) is 16.2. The molecule has 27 nitrogen and oxygen atoms in total. The molecule has 55 heteroatoms. The number of aromatic nitrogens is 10. The summed E-state index contributed by atoms with van der Waals surface area (Å²) in [5.74, 6) is 0. The fraction of sp³-hybridized carbons (Fsp3) is 0.236. The van der Waals surface area contributed by atoms with E-state index in [4.69, 9.17) is 128 Å². The molecule has 10 aromatic rings. The molecule has 10 rings (SSSR count). The second kappa shape index (κ2) is 56.4. The van der Waals surface area contributed by atoms with E-state index in [9.17, 15) is 87.2 Å². The number of nitriles is 5. The first-order valence-corrected chi connectivity index (χ1v) is 38.6. The summed E-state index contributed by atoms with van der Waals surface area (Å²) in [5.41, 5.74) is -14.6. The molecule has 0 atom stereocenters. The first kappa shape index (κ1) is 124. The van der Waals surface area contributed by atoms with Crippen LogP contribution in [0.15, 0.2) is 232 Å². The maximum atomic E-state index is 10.7. The largest absolute Gasteiger partial charge is 3.00 e. The van der Waals surface area contributed by atoms with Gasteiger partial charge in [0.05, 0.1) is 120 Å². The third-order valence-corrected chi connectivity index (χ3v) is 16.4. The smallest absolute Gasteiger partial charge is 0.741 e. The number of alkyl halides is 12. The van der Waals surface area contributed by atoms with Crippen LogP contribution in [0.1, 0.15) is 131 Å². The van der Waals surface area contributed by atoms with E-state index in [0.717, 1.165) is 68.3 Å². The monoisotopic (exact) mass is 1980 g/mol. The van der Waals surface area contributed by atoms with Crippen LogP contribution < -0.4 is 0 Å². The molecule has 0 amide bonds. The molecule has 10 heterocycles. The SMILES string of the molecule is CC#N.CC#N.CC#N.CC#N.CC#N.CC(c1ccccn1)(c1ccccn1)c1cccc(C(C)(c2ccccn2)c2ccccn2)n1.CC(c1ccccn1)(c1ccccn1)c1cccc(C(C)(c2ccccn2)c2ccccn2)n1.F[B-](F)(F)F.F[B-](F)(F)F.O=S(=O)([O-])C(F)(F)F.O=S(=O)([O-])C(F)(F)F.O=S(=O)([O-])C(F)(F)F.O=S(=O)([O-])C(F)(F)F.[Co+3].[Co+3]. The van der Waals surface area contributed by atoms with Crippen LogP contribution in [0.25, 0.3) is 0 Å². The van der Waals surface area contributed by atoms with Crippen molar-refractivity contribution in [1.29, 1.82) is 26.3 Å². The Morgan fingerprint density at radius 2 is 0.331 bits per heavy atom. The van der Waals surface area contributed by atoms with Gasteiger partial charge in [0, 0.05) is 84.2 Å². The van der Waals surface area contributed by atoms with Gasteiger partial charge in [0.1, 0.15) is 0 Å². The van der Waals surface area contributed by atoms with Crippen molar-refractivity contribution in [2.24, 2.45) is 0 Å². The third-order valence-electron chi connectivity index (χ3n) is 14.1. The van der Waals surface area contributed by atoms with Gasteiger partial charge in [0.2, 0.25) is 0 Å². The fourth-order valence-electron chi connectivity index (χ4n) is 8.83. The topological polar surface area (TPSA) is 477 Å². The summed E-state index contributed by atoms with van der Waals surface area (Å²) in [6.45, 7) is 15.7. The third kappa shape index (κ3) is 44.4. The number of nitrogens with zero attached hydrogens (tertiary/aromatic N) is 15. The van der Waals surface area contributed by atoms with Crippen LogP contribution in [0.4, 0.5) is 87.2 Å². The van der Waals surface area contributed by atoms with Crippen molar-refractivity contribution in [1.82, 2.24) is 49.8 Å². The average molecular weight is 1980 g/mol. The van der Waals surface area contributed by atoms with Crippen molar-refractivity contribution >= 4 is 55.0 Å². The second-order valence-electron chi connectivity index (χ2n) is 22.7. The van der Waals surface area contributed by atoms with Crippen LogP contribution >= 0.6 is 0 Å². The number of rotatable bonds is 12. The van der Waals surface area contributed by atoms with Gasteiger partial charge < -0.3 is 52.7 Å². The minimum atomic E-state index is -6.09. The molecule has 10 aromatic heterocycles. The Bertz CT molecular complexity index is 4710. The summed E-state index contributed by atoms with van der Waals surface area (Å²) in [5, 5.41) is 36.6. The Labute approximate surface area is 735 Å². The number of halogens is 20. The standard InChI is InChI=1S/2C29H25N5.5C2H3N.4CHF3O3S.2BF4.2Co/c2*1-28(22-12-3-7-18-30-22,23-13-4-8-19-31-23)26-16-11-17-27(34-26)29(2,24-14-5-9-20-32-24)25-15-6-10-21-33-25;5*1-2-3;4*2-1(3,4)8(5,6)7;2*2-1(3,4)5;;/h2*3-21H,1-2H3;5*1H3;4*(H,5,6,7);;;;/q;;;;;;;;;;;2*-1;2*+3/p-4. The molecule has 0 radical (unpaired) electrons. The summed E-state index contributed by atoms with van der Waals surface area (Å²) >= 11 is 0. The average Bonchev–Trinajstić information content (AvgIpc) is 0.749. The first-order valence-electron chi connectivity index (χ1n) is 33.0. The zero-order chi connectivity index (χ0) is 97.4. The van der Waals surface area contributed by atoms with Gasteiger partial charge in [0.25, 0.3) is 0 Å². The zero-order valence-corrected chi connectivity index (χ0v) is 71.4. The molecule has 0 fully saturated rings. The van der Waals surface area contributed by atoms with Gasteiger partial charge in [0.15, 0.2) is 40.5 Å². The molecular weight excluding hydrogens is 1910 g/mol. The Morgan fingerprint density at radius 1 is 0.244 bits per heavy atom. The van der Waals surface area contributed by atoms with Gasteiger partial charge in [-0.15, -0.1) is 0 Å². The molecule has 0 aliphatic carbocycles. The van der Waals surface area contributed by atoms with E-state index in [-0.39, 0.29) is 33.6 Å². The van der Waals surface area contributed by atoms with E-state index < -0.39 is 98.7 Å². The van der Waals surface area contributed by atoms with E-state index in [1.54, 1.807) is 30.3 Å². The minimum Gasteiger partial charge on any atom is -0.741 e. The van der Waals surface area contributed by atoms with E-state index in [0.29, 0.717) is 0 Å². The van der Waals surface area contributed by atoms with Gasteiger partial charge in [-0.25, -0.2) is 33.7 Å². The quantitative estimate of drug-likeness (QED) is 0.0474. The van der Waals surface area contributed by atoms with Crippen molar-refractivity contribution in [2.45, 2.75) is 106 Å². The van der Waals surface area contributed by atoms with Gasteiger partial charge >= 0.3 is 70.1 Å². The molecule has 0 spiro atoms. The van der Waals surface area contributed by atoms with Gasteiger partial charge in [-0.3, -0.25) is 49.8 Å². The van der Waals surface area contributed by atoms with E-state index in [2.05, 4.69) is 27.7 Å². The number of hydrogen-bond donors (Lipinski definition) is 0. The number of pyridine rings is 10. The summed E-state index contributed by atoms with van der Waals surface area (Å²) in [6.07, 6.45) is 14.5. The molecule has 0 aliphatic heterocycles. The van der Waals surface area contributed by atoms with Crippen LogP contribution in [-0.2, 0) is 95.7 Å². The van der Waals surface area contributed by atoms with Crippen LogP contribution in [0.3, 0.4) is 0 Å².